The molecule has 1 saturated heterocycles. The highest BCUT2D eigenvalue weighted by atomic mass is 32.2. The number of aromatic nitrogens is 4. The number of carbonyl (C=O) groups is 1. The summed E-state index contributed by atoms with van der Waals surface area (Å²) in [7, 11) is 0. The van der Waals surface area contributed by atoms with Gasteiger partial charge >= 0.3 is 0 Å². The van der Waals surface area contributed by atoms with Crippen molar-refractivity contribution in [1.29, 1.82) is 0 Å². The zero-order valence-corrected chi connectivity index (χ0v) is 16.8. The summed E-state index contributed by atoms with van der Waals surface area (Å²) in [4.78, 5) is 23.4. The Kier molecular flexibility index (Phi) is 6.68. The van der Waals surface area contributed by atoms with Crippen LogP contribution in [0.25, 0.3) is 11.0 Å². The van der Waals surface area contributed by atoms with E-state index in [0.717, 1.165) is 35.1 Å². The third-order valence-corrected chi connectivity index (χ3v) is 4.91. The molecule has 0 aromatic carbocycles. The molecule has 1 fully saturated rings. The van der Waals surface area contributed by atoms with E-state index in [-0.39, 0.29) is 5.91 Å². The molecule has 27 heavy (non-hydrogen) atoms. The first-order valence-corrected chi connectivity index (χ1v) is 10.1. The van der Waals surface area contributed by atoms with Gasteiger partial charge in [-0.05, 0) is 13.0 Å². The molecular formula is C18H26N6O2S. The van der Waals surface area contributed by atoms with Crippen LogP contribution in [0.5, 0.6) is 0 Å². The number of amides is 1. The van der Waals surface area contributed by atoms with Crippen LogP contribution in [-0.2, 0) is 16.1 Å². The van der Waals surface area contributed by atoms with E-state index in [1.165, 1.54) is 6.08 Å². The predicted octanol–water partition coefficient (Wildman–Crippen LogP) is 1.86. The minimum atomic E-state index is -0.103. The van der Waals surface area contributed by atoms with Gasteiger partial charge in [0.2, 0.25) is 5.91 Å². The first kappa shape index (κ1) is 19.6. The predicted molar refractivity (Wildman–Crippen MR) is 107 cm³/mol. The lowest BCUT2D eigenvalue weighted by atomic mass is 10.3. The number of hydrogen-bond donors (Lipinski definition) is 1. The molecule has 3 rings (SSSR count). The number of ether oxygens (including phenoxy) is 1. The maximum absolute atomic E-state index is 11.6. The van der Waals surface area contributed by atoms with Crippen molar-refractivity contribution >= 4 is 34.5 Å². The summed E-state index contributed by atoms with van der Waals surface area (Å²) in [5.74, 6) is 0.810. The average Bonchev–Trinajstić information content (AvgIpc) is 3.04. The van der Waals surface area contributed by atoms with Crippen LogP contribution < -0.4 is 10.2 Å². The van der Waals surface area contributed by atoms with Gasteiger partial charge in [-0.2, -0.15) is 5.10 Å². The number of nitrogens with one attached hydrogen (secondary N) is 1. The van der Waals surface area contributed by atoms with Crippen LogP contribution in [0, 0.1) is 0 Å². The molecule has 2 aromatic rings. The highest BCUT2D eigenvalue weighted by Gasteiger charge is 2.20. The van der Waals surface area contributed by atoms with Crippen molar-refractivity contribution < 1.29 is 9.53 Å². The monoisotopic (exact) mass is 390 g/mol. The van der Waals surface area contributed by atoms with Crippen LogP contribution in [0.15, 0.2) is 23.5 Å². The molecule has 2 aromatic heterocycles. The summed E-state index contributed by atoms with van der Waals surface area (Å²) in [6.45, 7) is 10.1. The van der Waals surface area contributed by atoms with E-state index in [9.17, 15) is 4.79 Å². The normalized spacial score (nSPS) is 15.2. The lowest BCUT2D eigenvalue weighted by Crippen LogP contribution is -2.37. The molecule has 0 atom stereocenters. The fourth-order valence-corrected chi connectivity index (χ4v) is 3.56. The topological polar surface area (TPSA) is 85.2 Å². The lowest BCUT2D eigenvalue weighted by molar-refractivity contribution is -0.116. The Hall–Kier alpha value is -2.13. The molecule has 0 unspecified atom stereocenters. The number of anilines is 1. The minimum Gasteiger partial charge on any atom is -0.378 e. The van der Waals surface area contributed by atoms with Crippen LogP contribution in [0.1, 0.15) is 20.8 Å². The van der Waals surface area contributed by atoms with Crippen LogP contribution in [0.4, 0.5) is 5.82 Å². The average molecular weight is 391 g/mol. The Balaban J connectivity index is 1.88. The maximum atomic E-state index is 11.6. The first-order chi connectivity index (χ1) is 13.1. The van der Waals surface area contributed by atoms with E-state index in [4.69, 9.17) is 14.7 Å². The van der Waals surface area contributed by atoms with E-state index in [2.05, 4.69) is 29.2 Å². The Bertz CT molecular complexity index is 814. The molecule has 0 spiro atoms. The van der Waals surface area contributed by atoms with Crippen LogP contribution in [0.3, 0.4) is 0 Å². The van der Waals surface area contributed by atoms with E-state index in [0.29, 0.717) is 31.6 Å². The number of fused-ring (bicyclic) bond motifs is 1. The highest BCUT2D eigenvalue weighted by Crippen LogP contribution is 2.29. The summed E-state index contributed by atoms with van der Waals surface area (Å²) in [5, 5.41) is 9.41. The van der Waals surface area contributed by atoms with Gasteiger partial charge in [0.1, 0.15) is 5.82 Å². The van der Waals surface area contributed by atoms with Crippen molar-refractivity contribution in [1.82, 2.24) is 25.1 Å². The zero-order chi connectivity index (χ0) is 19.2. The summed E-state index contributed by atoms with van der Waals surface area (Å²) in [6, 6.07) is 0. The number of morpholine rings is 1. The van der Waals surface area contributed by atoms with E-state index < -0.39 is 0 Å². The van der Waals surface area contributed by atoms with Gasteiger partial charge in [-0.3, -0.25) is 4.79 Å². The first-order valence-electron chi connectivity index (χ1n) is 9.22. The van der Waals surface area contributed by atoms with Crippen LogP contribution >= 0.6 is 11.8 Å². The van der Waals surface area contributed by atoms with Crippen molar-refractivity contribution in [3.05, 3.63) is 18.3 Å². The summed E-state index contributed by atoms with van der Waals surface area (Å²) < 4.78 is 7.31. The highest BCUT2D eigenvalue weighted by molar-refractivity contribution is 7.99. The molecule has 3 heterocycles. The van der Waals surface area contributed by atoms with Crippen molar-refractivity contribution in [2.75, 3.05) is 37.7 Å². The second kappa shape index (κ2) is 9.18. The standard InChI is InChI=1S/C18H26N6O2S/c1-4-5-15(25)19-6-7-24-17-14(12-20-24)16(23-8-10-26-11-9-23)21-18(22-17)27-13(2)3/h4-5,12-13H,6-11H2,1-3H3,(H,19,25)/b5-4-. The van der Waals surface area contributed by atoms with Crippen molar-refractivity contribution in [3.8, 4) is 0 Å². The number of allylic oxidation sites excluding steroid dienone is 1. The van der Waals surface area contributed by atoms with Crippen LogP contribution in [-0.4, -0.2) is 63.8 Å². The fourth-order valence-electron chi connectivity index (χ4n) is 2.86. The van der Waals surface area contributed by atoms with Gasteiger partial charge in [0, 0.05) is 24.9 Å². The number of thioether (sulfide) groups is 1. The molecule has 1 aliphatic rings. The van der Waals surface area contributed by atoms with Gasteiger partial charge in [-0.1, -0.05) is 31.7 Å². The van der Waals surface area contributed by atoms with E-state index >= 15 is 0 Å². The van der Waals surface area contributed by atoms with Crippen molar-refractivity contribution in [2.24, 2.45) is 0 Å². The maximum Gasteiger partial charge on any atom is 0.243 e. The van der Waals surface area contributed by atoms with Crippen molar-refractivity contribution in [2.45, 2.75) is 37.7 Å². The van der Waals surface area contributed by atoms with Gasteiger partial charge in [-0.25, -0.2) is 14.6 Å². The molecule has 0 aliphatic carbocycles. The molecule has 0 radical (unpaired) electrons. The minimum absolute atomic E-state index is 0.103. The summed E-state index contributed by atoms with van der Waals surface area (Å²) in [5.41, 5.74) is 0.801. The molecule has 1 amide bonds. The molecule has 1 aliphatic heterocycles. The second-order valence-corrected chi connectivity index (χ2v) is 8.04. The summed E-state index contributed by atoms with van der Waals surface area (Å²) in [6.07, 6.45) is 5.05. The molecule has 0 bridgehead atoms. The third kappa shape index (κ3) is 4.98. The second-order valence-electron chi connectivity index (χ2n) is 6.49. The number of nitrogens with zero attached hydrogens (tertiary/aromatic N) is 5. The number of carbonyl (C=O) groups excluding carboxylic acids is 1. The van der Waals surface area contributed by atoms with Gasteiger partial charge in [-0.15, -0.1) is 0 Å². The summed E-state index contributed by atoms with van der Waals surface area (Å²) >= 11 is 1.64. The lowest BCUT2D eigenvalue weighted by Gasteiger charge is -2.28. The Morgan fingerprint density at radius 1 is 1.37 bits per heavy atom. The molecule has 9 heteroatoms. The molecule has 146 valence electrons. The largest absolute Gasteiger partial charge is 0.378 e. The third-order valence-electron chi connectivity index (χ3n) is 4.05. The molecule has 1 N–H and O–H groups in total. The van der Waals surface area contributed by atoms with Crippen LogP contribution in [0.2, 0.25) is 0 Å². The molecule has 8 nitrogen and oxygen atoms in total. The quantitative estimate of drug-likeness (QED) is 0.439. The number of rotatable bonds is 7. The Morgan fingerprint density at radius 3 is 2.85 bits per heavy atom. The fraction of sp³-hybridized carbons (Fsp3) is 0.556. The smallest absolute Gasteiger partial charge is 0.243 e. The SMILES string of the molecule is C/C=C\C(=O)NCCn1ncc2c(N3CCOCC3)nc(SC(C)C)nc21. The van der Waals surface area contributed by atoms with E-state index in [1.807, 2.05) is 17.8 Å². The number of hydrogen-bond acceptors (Lipinski definition) is 7. The molecule has 0 saturated carbocycles. The van der Waals surface area contributed by atoms with Gasteiger partial charge < -0.3 is 15.0 Å². The Morgan fingerprint density at radius 2 is 2.15 bits per heavy atom. The zero-order valence-electron chi connectivity index (χ0n) is 16.0. The van der Waals surface area contributed by atoms with Gasteiger partial charge in [0.15, 0.2) is 10.8 Å². The van der Waals surface area contributed by atoms with Gasteiger partial charge in [0.25, 0.3) is 0 Å². The Labute approximate surface area is 163 Å². The van der Waals surface area contributed by atoms with Gasteiger partial charge in [0.05, 0.1) is 31.3 Å². The van der Waals surface area contributed by atoms with Crippen molar-refractivity contribution in [3.63, 3.8) is 0 Å². The van der Waals surface area contributed by atoms with E-state index in [1.54, 1.807) is 17.8 Å². The molecular weight excluding hydrogens is 364 g/mol.